The molecule has 0 spiro atoms. The lowest BCUT2D eigenvalue weighted by Crippen LogP contribution is -2.51. The van der Waals surface area contributed by atoms with E-state index in [0.29, 0.717) is 0 Å². The van der Waals surface area contributed by atoms with Crippen LogP contribution in [-0.2, 0) is 19.4 Å². The average Bonchev–Trinajstić information content (AvgIpc) is 2.84. The van der Waals surface area contributed by atoms with E-state index in [1.807, 2.05) is 0 Å². The van der Waals surface area contributed by atoms with Crippen molar-refractivity contribution < 1.29 is 27.6 Å². The number of nitrogens with zero attached hydrogens (tertiary/aromatic N) is 2. The van der Waals surface area contributed by atoms with Crippen LogP contribution >= 0.6 is 0 Å². The monoisotopic (exact) mass is 395 g/mol. The summed E-state index contributed by atoms with van der Waals surface area (Å²) in [7, 11) is -0.406. The molecule has 9 nitrogen and oxygen atoms in total. The van der Waals surface area contributed by atoms with E-state index < -0.39 is 33.6 Å². The van der Waals surface area contributed by atoms with Crippen LogP contribution < -0.4 is 5.32 Å². The van der Waals surface area contributed by atoms with Crippen molar-refractivity contribution in [3.05, 3.63) is 35.4 Å². The van der Waals surface area contributed by atoms with Gasteiger partial charge in [-0.1, -0.05) is 12.1 Å². The summed E-state index contributed by atoms with van der Waals surface area (Å²) in [6, 6.07) is 4.79. The van der Waals surface area contributed by atoms with E-state index in [9.17, 15) is 27.6 Å². The number of benzene rings is 1. The van der Waals surface area contributed by atoms with Gasteiger partial charge >= 0.3 is 0 Å². The summed E-state index contributed by atoms with van der Waals surface area (Å²) < 4.78 is 23.1. The number of hydrogen-bond acceptors (Lipinski definition) is 6. The number of amides is 4. The van der Waals surface area contributed by atoms with Crippen molar-refractivity contribution >= 4 is 33.5 Å². The summed E-state index contributed by atoms with van der Waals surface area (Å²) in [6.07, 6.45) is 0.742. The largest absolute Gasteiger partial charge is 0.347 e. The zero-order valence-corrected chi connectivity index (χ0v) is 16.1. The summed E-state index contributed by atoms with van der Waals surface area (Å²) in [6.45, 7) is -0.329. The Balaban J connectivity index is 2.27. The fourth-order valence-corrected chi connectivity index (χ4v) is 3.28. The number of carbonyl (C=O) groups excluding carboxylic acids is 4. The maximum atomic E-state index is 12.6. The molecule has 0 radical (unpaired) electrons. The molecule has 2 rings (SSSR count). The highest BCUT2D eigenvalue weighted by atomic mass is 32.2. The standard InChI is InChI=1S/C17H21N3O6S/c1-19(2)14(21)10-18-15(22)13(8-9-27(3,25)26)20-16(23)11-6-4-5-7-12(11)17(20)24/h4-7,13H,8-10H2,1-3H3,(H,18,22)/t13-/m0/s1. The number of imide groups is 1. The van der Waals surface area contributed by atoms with E-state index in [-0.39, 0.29) is 35.8 Å². The highest BCUT2D eigenvalue weighted by Gasteiger charge is 2.42. The maximum Gasteiger partial charge on any atom is 0.262 e. The van der Waals surface area contributed by atoms with Gasteiger partial charge in [0.1, 0.15) is 15.9 Å². The lowest BCUT2D eigenvalue weighted by atomic mass is 10.1. The van der Waals surface area contributed by atoms with Crippen molar-refractivity contribution in [2.24, 2.45) is 0 Å². The van der Waals surface area contributed by atoms with Crippen molar-refractivity contribution in [2.45, 2.75) is 12.5 Å². The van der Waals surface area contributed by atoms with Crippen LogP contribution in [0.25, 0.3) is 0 Å². The molecule has 1 heterocycles. The lowest BCUT2D eigenvalue weighted by molar-refractivity contribution is -0.132. The van der Waals surface area contributed by atoms with E-state index in [1.54, 1.807) is 12.1 Å². The SMILES string of the molecule is CN(C)C(=O)CNC(=O)[C@H](CCS(C)(=O)=O)N1C(=O)c2ccccc2C1=O. The summed E-state index contributed by atoms with van der Waals surface area (Å²) in [5, 5.41) is 2.37. The second kappa shape index (κ2) is 7.87. The molecule has 0 aromatic heterocycles. The van der Waals surface area contributed by atoms with Crippen LogP contribution in [0.3, 0.4) is 0 Å². The maximum absolute atomic E-state index is 12.6. The van der Waals surface area contributed by atoms with Crippen molar-refractivity contribution in [2.75, 3.05) is 32.6 Å². The first-order valence-electron chi connectivity index (χ1n) is 8.15. The summed E-state index contributed by atoms with van der Waals surface area (Å²) in [5.41, 5.74) is 0.313. The molecule has 1 N–H and O–H groups in total. The van der Waals surface area contributed by atoms with Crippen LogP contribution in [-0.4, -0.2) is 80.5 Å². The molecule has 0 fully saturated rings. The van der Waals surface area contributed by atoms with Crippen LogP contribution in [0.5, 0.6) is 0 Å². The number of rotatable bonds is 7. The Morgan fingerprint density at radius 3 is 2.07 bits per heavy atom. The normalized spacial score (nSPS) is 14.7. The summed E-state index contributed by atoms with van der Waals surface area (Å²) in [5.74, 6) is -2.86. The lowest BCUT2D eigenvalue weighted by Gasteiger charge is -2.25. The molecule has 1 atom stereocenters. The molecule has 0 saturated heterocycles. The smallest absolute Gasteiger partial charge is 0.262 e. The summed E-state index contributed by atoms with van der Waals surface area (Å²) in [4.78, 5) is 51.6. The molecule has 0 aliphatic carbocycles. The predicted molar refractivity (Wildman–Crippen MR) is 96.8 cm³/mol. The predicted octanol–water partition coefficient (Wildman–Crippen LogP) is -0.710. The van der Waals surface area contributed by atoms with Gasteiger partial charge in [0.05, 0.1) is 23.4 Å². The van der Waals surface area contributed by atoms with Crippen molar-refractivity contribution in [3.63, 3.8) is 0 Å². The van der Waals surface area contributed by atoms with Gasteiger partial charge in [-0.2, -0.15) is 0 Å². The molecular formula is C17H21N3O6S. The van der Waals surface area contributed by atoms with Gasteiger partial charge in [-0.15, -0.1) is 0 Å². The number of nitrogens with one attached hydrogen (secondary N) is 1. The van der Waals surface area contributed by atoms with Crippen molar-refractivity contribution in [3.8, 4) is 0 Å². The molecular weight excluding hydrogens is 374 g/mol. The molecule has 27 heavy (non-hydrogen) atoms. The third-order valence-electron chi connectivity index (χ3n) is 4.11. The zero-order chi connectivity index (χ0) is 20.4. The topological polar surface area (TPSA) is 121 Å². The highest BCUT2D eigenvalue weighted by Crippen LogP contribution is 2.25. The Morgan fingerprint density at radius 2 is 1.63 bits per heavy atom. The second-order valence-electron chi connectivity index (χ2n) is 6.47. The quantitative estimate of drug-likeness (QED) is 0.609. The molecule has 1 aromatic carbocycles. The van der Waals surface area contributed by atoms with Crippen LogP contribution in [0.15, 0.2) is 24.3 Å². The van der Waals surface area contributed by atoms with Crippen LogP contribution in [0.2, 0.25) is 0 Å². The number of sulfone groups is 1. The summed E-state index contributed by atoms with van der Waals surface area (Å²) >= 11 is 0. The number of fused-ring (bicyclic) bond motifs is 1. The van der Waals surface area contributed by atoms with Crippen LogP contribution in [0, 0.1) is 0 Å². The minimum Gasteiger partial charge on any atom is -0.347 e. The number of carbonyl (C=O) groups is 4. The molecule has 1 aromatic rings. The average molecular weight is 395 g/mol. The Morgan fingerprint density at radius 1 is 1.11 bits per heavy atom. The Hall–Kier alpha value is -2.75. The van der Waals surface area contributed by atoms with Gasteiger partial charge in [0.25, 0.3) is 11.8 Å². The zero-order valence-electron chi connectivity index (χ0n) is 15.3. The van der Waals surface area contributed by atoms with Gasteiger partial charge in [-0.25, -0.2) is 8.42 Å². The molecule has 0 saturated carbocycles. The van der Waals surface area contributed by atoms with Gasteiger partial charge in [-0.3, -0.25) is 24.1 Å². The third-order valence-corrected chi connectivity index (χ3v) is 5.09. The molecule has 10 heteroatoms. The number of hydrogen-bond donors (Lipinski definition) is 1. The van der Waals surface area contributed by atoms with E-state index in [0.717, 1.165) is 11.2 Å². The van der Waals surface area contributed by atoms with Gasteiger partial charge in [0, 0.05) is 20.4 Å². The fourth-order valence-electron chi connectivity index (χ4n) is 2.63. The molecule has 4 amide bonds. The molecule has 0 bridgehead atoms. The Labute approximate surface area is 157 Å². The minimum absolute atomic E-state index is 0.157. The first kappa shape index (κ1) is 20.6. The molecule has 0 unspecified atom stereocenters. The van der Waals surface area contributed by atoms with E-state index in [4.69, 9.17) is 0 Å². The Kier molecular flexibility index (Phi) is 5.99. The van der Waals surface area contributed by atoms with Crippen LogP contribution in [0.1, 0.15) is 27.1 Å². The third kappa shape index (κ3) is 4.70. The van der Waals surface area contributed by atoms with Gasteiger partial charge in [0.2, 0.25) is 11.8 Å². The van der Waals surface area contributed by atoms with Crippen LogP contribution in [0.4, 0.5) is 0 Å². The van der Waals surface area contributed by atoms with E-state index in [2.05, 4.69) is 5.32 Å². The van der Waals surface area contributed by atoms with Gasteiger partial charge in [-0.05, 0) is 18.6 Å². The molecule has 146 valence electrons. The Bertz CT molecular complexity index is 859. The molecule has 1 aliphatic rings. The fraction of sp³-hybridized carbons (Fsp3) is 0.412. The first-order valence-corrected chi connectivity index (χ1v) is 10.2. The minimum atomic E-state index is -3.43. The number of likely N-dealkylation sites (N-methyl/N-ethyl adjacent to an activating group) is 1. The van der Waals surface area contributed by atoms with Gasteiger partial charge < -0.3 is 10.2 Å². The van der Waals surface area contributed by atoms with E-state index in [1.165, 1.54) is 31.1 Å². The second-order valence-corrected chi connectivity index (χ2v) is 8.73. The van der Waals surface area contributed by atoms with Crippen molar-refractivity contribution in [1.82, 2.24) is 15.1 Å². The highest BCUT2D eigenvalue weighted by molar-refractivity contribution is 7.90. The van der Waals surface area contributed by atoms with Crippen molar-refractivity contribution in [1.29, 1.82) is 0 Å². The first-order chi connectivity index (χ1) is 12.5. The molecule has 1 aliphatic heterocycles. The van der Waals surface area contributed by atoms with Gasteiger partial charge in [0.15, 0.2) is 0 Å². The van der Waals surface area contributed by atoms with E-state index >= 15 is 0 Å².